The molecule has 1 saturated heterocycles. The standard InChI is InChI=1S/C12H25NO/c1-10(2)13-8-6-12(5,7-9-13)14-11(3)4/h10-11H,6-9H2,1-5H3. The molecule has 0 radical (unpaired) electrons. The summed E-state index contributed by atoms with van der Waals surface area (Å²) in [7, 11) is 0. The fourth-order valence-corrected chi connectivity index (χ4v) is 2.20. The predicted octanol–water partition coefficient (Wildman–Crippen LogP) is 2.67. The van der Waals surface area contributed by atoms with Gasteiger partial charge < -0.3 is 9.64 Å². The molecule has 0 aromatic carbocycles. The summed E-state index contributed by atoms with van der Waals surface area (Å²) in [5.74, 6) is 0. The molecule has 0 aromatic rings. The Balaban J connectivity index is 2.41. The summed E-state index contributed by atoms with van der Waals surface area (Å²) >= 11 is 0. The maximum absolute atomic E-state index is 5.98. The second kappa shape index (κ2) is 4.63. The third-order valence-corrected chi connectivity index (χ3v) is 3.11. The lowest BCUT2D eigenvalue weighted by Gasteiger charge is -2.41. The SMILES string of the molecule is CC(C)OC1(C)CCN(C(C)C)CC1. The van der Waals surface area contributed by atoms with E-state index in [1.165, 1.54) is 25.9 Å². The maximum Gasteiger partial charge on any atom is 0.0682 e. The Labute approximate surface area is 88.6 Å². The quantitative estimate of drug-likeness (QED) is 0.693. The Bertz CT molecular complexity index is 169. The highest BCUT2D eigenvalue weighted by Crippen LogP contribution is 2.27. The fourth-order valence-electron chi connectivity index (χ4n) is 2.20. The normalized spacial score (nSPS) is 23.4. The molecule has 1 heterocycles. The highest BCUT2D eigenvalue weighted by atomic mass is 16.5. The van der Waals surface area contributed by atoms with E-state index < -0.39 is 0 Å². The smallest absolute Gasteiger partial charge is 0.0682 e. The molecule has 0 unspecified atom stereocenters. The van der Waals surface area contributed by atoms with Gasteiger partial charge in [-0.1, -0.05) is 0 Å². The van der Waals surface area contributed by atoms with Gasteiger partial charge >= 0.3 is 0 Å². The molecule has 0 aromatic heterocycles. The van der Waals surface area contributed by atoms with Crippen molar-refractivity contribution in [2.75, 3.05) is 13.1 Å². The van der Waals surface area contributed by atoms with Gasteiger partial charge in [-0.05, 0) is 47.5 Å². The Morgan fingerprint density at radius 3 is 1.93 bits per heavy atom. The molecule has 0 bridgehead atoms. The van der Waals surface area contributed by atoms with E-state index in [0.29, 0.717) is 12.1 Å². The summed E-state index contributed by atoms with van der Waals surface area (Å²) in [5.41, 5.74) is 0.125. The van der Waals surface area contributed by atoms with Gasteiger partial charge in [0.15, 0.2) is 0 Å². The molecule has 0 N–H and O–H groups in total. The van der Waals surface area contributed by atoms with E-state index in [1.807, 2.05) is 0 Å². The van der Waals surface area contributed by atoms with Crippen LogP contribution in [-0.2, 0) is 4.74 Å². The van der Waals surface area contributed by atoms with Gasteiger partial charge in [0.25, 0.3) is 0 Å². The summed E-state index contributed by atoms with van der Waals surface area (Å²) in [6.07, 6.45) is 2.69. The Morgan fingerprint density at radius 2 is 1.57 bits per heavy atom. The van der Waals surface area contributed by atoms with Gasteiger partial charge in [0, 0.05) is 19.1 Å². The molecular weight excluding hydrogens is 174 g/mol. The molecular formula is C12H25NO. The van der Waals surface area contributed by atoms with E-state index in [0.717, 1.165) is 0 Å². The fraction of sp³-hybridized carbons (Fsp3) is 1.00. The first-order valence-corrected chi connectivity index (χ1v) is 5.85. The zero-order valence-corrected chi connectivity index (χ0v) is 10.3. The van der Waals surface area contributed by atoms with Crippen molar-refractivity contribution in [1.29, 1.82) is 0 Å². The number of likely N-dealkylation sites (tertiary alicyclic amines) is 1. The van der Waals surface area contributed by atoms with Gasteiger partial charge in [-0.2, -0.15) is 0 Å². The minimum Gasteiger partial charge on any atom is -0.373 e. The second-order valence-corrected chi connectivity index (χ2v) is 5.25. The van der Waals surface area contributed by atoms with Crippen LogP contribution in [0, 0.1) is 0 Å². The first kappa shape index (κ1) is 12.0. The van der Waals surface area contributed by atoms with E-state index in [9.17, 15) is 0 Å². The molecule has 0 amide bonds. The molecule has 14 heavy (non-hydrogen) atoms. The zero-order valence-electron chi connectivity index (χ0n) is 10.3. The average Bonchev–Trinajstić information content (AvgIpc) is 2.02. The van der Waals surface area contributed by atoms with Crippen LogP contribution < -0.4 is 0 Å². The number of hydrogen-bond acceptors (Lipinski definition) is 2. The van der Waals surface area contributed by atoms with Crippen LogP contribution in [0.3, 0.4) is 0 Å². The molecule has 0 saturated carbocycles. The van der Waals surface area contributed by atoms with Crippen molar-refractivity contribution in [3.8, 4) is 0 Å². The highest BCUT2D eigenvalue weighted by molar-refractivity contribution is 4.85. The Morgan fingerprint density at radius 1 is 1.07 bits per heavy atom. The second-order valence-electron chi connectivity index (χ2n) is 5.25. The summed E-state index contributed by atoms with van der Waals surface area (Å²) in [5, 5.41) is 0. The van der Waals surface area contributed by atoms with Crippen LogP contribution in [0.2, 0.25) is 0 Å². The molecule has 1 aliphatic rings. The Hall–Kier alpha value is -0.0800. The molecule has 1 fully saturated rings. The van der Waals surface area contributed by atoms with Crippen molar-refractivity contribution in [3.05, 3.63) is 0 Å². The van der Waals surface area contributed by atoms with Crippen LogP contribution in [0.15, 0.2) is 0 Å². The lowest BCUT2D eigenvalue weighted by molar-refractivity contribution is -0.103. The maximum atomic E-state index is 5.98. The molecule has 0 aliphatic carbocycles. The van der Waals surface area contributed by atoms with E-state index in [1.54, 1.807) is 0 Å². The zero-order chi connectivity index (χ0) is 10.8. The predicted molar refractivity (Wildman–Crippen MR) is 60.6 cm³/mol. The van der Waals surface area contributed by atoms with Crippen LogP contribution >= 0.6 is 0 Å². The van der Waals surface area contributed by atoms with Gasteiger partial charge in [-0.15, -0.1) is 0 Å². The van der Waals surface area contributed by atoms with Crippen LogP contribution in [0.5, 0.6) is 0 Å². The summed E-state index contributed by atoms with van der Waals surface area (Å²) in [6.45, 7) is 13.4. The molecule has 2 nitrogen and oxygen atoms in total. The average molecular weight is 199 g/mol. The lowest BCUT2D eigenvalue weighted by atomic mass is 9.92. The van der Waals surface area contributed by atoms with Crippen molar-refractivity contribution in [1.82, 2.24) is 4.90 Å². The summed E-state index contributed by atoms with van der Waals surface area (Å²) in [6, 6.07) is 0.679. The molecule has 0 spiro atoms. The van der Waals surface area contributed by atoms with Gasteiger partial charge in [0.1, 0.15) is 0 Å². The van der Waals surface area contributed by atoms with Crippen LogP contribution in [0.1, 0.15) is 47.5 Å². The molecule has 1 aliphatic heterocycles. The van der Waals surface area contributed by atoms with Crippen molar-refractivity contribution in [2.24, 2.45) is 0 Å². The lowest BCUT2D eigenvalue weighted by Crippen LogP contribution is -2.47. The van der Waals surface area contributed by atoms with Crippen LogP contribution in [0.25, 0.3) is 0 Å². The molecule has 2 heteroatoms. The number of piperidine rings is 1. The summed E-state index contributed by atoms with van der Waals surface area (Å²) < 4.78 is 5.98. The summed E-state index contributed by atoms with van der Waals surface area (Å²) in [4.78, 5) is 2.53. The van der Waals surface area contributed by atoms with Crippen molar-refractivity contribution < 1.29 is 4.74 Å². The third kappa shape index (κ3) is 3.25. The largest absolute Gasteiger partial charge is 0.373 e. The van der Waals surface area contributed by atoms with Gasteiger partial charge in [0.05, 0.1) is 11.7 Å². The molecule has 84 valence electrons. The third-order valence-electron chi connectivity index (χ3n) is 3.11. The monoisotopic (exact) mass is 199 g/mol. The van der Waals surface area contributed by atoms with Gasteiger partial charge in [-0.3, -0.25) is 0 Å². The van der Waals surface area contributed by atoms with E-state index in [-0.39, 0.29) is 5.60 Å². The number of hydrogen-bond donors (Lipinski definition) is 0. The van der Waals surface area contributed by atoms with E-state index >= 15 is 0 Å². The minimum absolute atomic E-state index is 0.125. The van der Waals surface area contributed by atoms with Crippen LogP contribution in [0.4, 0.5) is 0 Å². The van der Waals surface area contributed by atoms with Gasteiger partial charge in [0.2, 0.25) is 0 Å². The van der Waals surface area contributed by atoms with E-state index in [4.69, 9.17) is 4.74 Å². The highest BCUT2D eigenvalue weighted by Gasteiger charge is 2.32. The van der Waals surface area contributed by atoms with Crippen LogP contribution in [-0.4, -0.2) is 35.7 Å². The van der Waals surface area contributed by atoms with Crippen molar-refractivity contribution in [2.45, 2.75) is 65.2 Å². The van der Waals surface area contributed by atoms with E-state index in [2.05, 4.69) is 39.5 Å². The number of nitrogens with zero attached hydrogens (tertiary/aromatic N) is 1. The van der Waals surface area contributed by atoms with Crippen molar-refractivity contribution >= 4 is 0 Å². The van der Waals surface area contributed by atoms with Gasteiger partial charge in [-0.25, -0.2) is 0 Å². The number of ether oxygens (including phenoxy) is 1. The first-order chi connectivity index (χ1) is 6.43. The number of rotatable bonds is 3. The molecule has 0 atom stereocenters. The Kier molecular flexibility index (Phi) is 3.96. The molecule has 1 rings (SSSR count). The topological polar surface area (TPSA) is 12.5 Å². The first-order valence-electron chi connectivity index (χ1n) is 5.85. The minimum atomic E-state index is 0.125. The van der Waals surface area contributed by atoms with Crippen molar-refractivity contribution in [3.63, 3.8) is 0 Å².